The molecule has 0 N–H and O–H groups in total. The molecule has 0 saturated heterocycles. The summed E-state index contributed by atoms with van der Waals surface area (Å²) < 4.78 is 2.58. The molecule has 1 rings (SSSR count). The van der Waals surface area contributed by atoms with Crippen LogP contribution in [-0.4, -0.2) is 11.2 Å². The lowest BCUT2D eigenvalue weighted by Gasteiger charge is -2.43. The molecule has 0 fully saturated rings. The van der Waals surface area contributed by atoms with Gasteiger partial charge in [0.2, 0.25) is 0 Å². The summed E-state index contributed by atoms with van der Waals surface area (Å²) in [7, 11) is 3.72. The van der Waals surface area contributed by atoms with Crippen molar-refractivity contribution in [3.8, 4) is 0 Å². The third-order valence-electron chi connectivity index (χ3n) is 3.14. The van der Waals surface area contributed by atoms with Gasteiger partial charge in [0.25, 0.3) is 0 Å². The van der Waals surface area contributed by atoms with Crippen molar-refractivity contribution in [3.05, 3.63) is 11.3 Å². The number of nitrogens with zero attached hydrogens (tertiary/aromatic N) is 1. The molecule has 0 saturated carbocycles. The van der Waals surface area contributed by atoms with Crippen LogP contribution in [0.3, 0.4) is 0 Å². The first-order valence-corrected chi connectivity index (χ1v) is 8.91. The molecule has 0 bridgehead atoms. The zero-order valence-electron chi connectivity index (χ0n) is 11.6. The maximum Gasteiger partial charge on any atom is 0.0218 e. The first-order chi connectivity index (χ1) is 7.18. The lowest BCUT2D eigenvalue weighted by atomic mass is 9.75. The predicted molar refractivity (Wildman–Crippen MR) is 79.9 cm³/mol. The van der Waals surface area contributed by atoms with Crippen molar-refractivity contribution < 1.29 is 0 Å². The Morgan fingerprint density at radius 1 is 1.06 bits per heavy atom. The minimum Gasteiger partial charge on any atom is -0.353 e. The monoisotopic (exact) mass is 259 g/mol. The van der Waals surface area contributed by atoms with Crippen LogP contribution in [0.15, 0.2) is 11.3 Å². The van der Waals surface area contributed by atoms with E-state index in [1.54, 1.807) is 11.3 Å². The Labute approximate surface area is 105 Å². The summed E-state index contributed by atoms with van der Waals surface area (Å²) >= 11 is 0. The van der Waals surface area contributed by atoms with Crippen molar-refractivity contribution in [2.45, 2.75) is 54.4 Å². The van der Waals surface area contributed by atoms with Crippen LogP contribution in [0.25, 0.3) is 0 Å². The molecule has 16 heavy (non-hydrogen) atoms. The Balaban J connectivity index is 3.26. The molecular formula is C13H27NP2. The maximum atomic E-state index is 2.90. The highest BCUT2D eigenvalue weighted by Crippen LogP contribution is 2.48. The number of hydrogen-bond donors (Lipinski definition) is 0. The Hall–Kier alpha value is 0.400. The fourth-order valence-corrected chi connectivity index (χ4v) is 4.19. The summed E-state index contributed by atoms with van der Waals surface area (Å²) in [6, 6.07) is 0. The molecule has 0 aromatic carbocycles. The van der Waals surface area contributed by atoms with Crippen molar-refractivity contribution in [1.29, 1.82) is 0 Å². The van der Waals surface area contributed by atoms with Gasteiger partial charge in [-0.15, -0.1) is 0 Å². The van der Waals surface area contributed by atoms with Gasteiger partial charge in [0.1, 0.15) is 0 Å². The number of rotatable bonds is 1. The van der Waals surface area contributed by atoms with Gasteiger partial charge in [0.05, 0.1) is 0 Å². The average Bonchev–Trinajstić information content (AvgIpc) is 2.13. The van der Waals surface area contributed by atoms with Gasteiger partial charge in [0, 0.05) is 17.7 Å². The van der Waals surface area contributed by atoms with Gasteiger partial charge in [0.15, 0.2) is 0 Å². The smallest absolute Gasteiger partial charge is 0.0218 e. The largest absolute Gasteiger partial charge is 0.353 e. The second kappa shape index (κ2) is 4.95. The van der Waals surface area contributed by atoms with Gasteiger partial charge in [-0.25, -0.2) is 0 Å². The van der Waals surface area contributed by atoms with E-state index in [4.69, 9.17) is 0 Å². The lowest BCUT2D eigenvalue weighted by Crippen LogP contribution is -2.33. The minimum atomic E-state index is 0.270. The first-order valence-electron chi connectivity index (χ1n) is 6.16. The molecule has 0 aromatic rings. The molecule has 0 spiro atoms. The zero-order chi connectivity index (χ0) is 12.6. The quantitative estimate of drug-likeness (QED) is 0.611. The van der Waals surface area contributed by atoms with E-state index in [-0.39, 0.29) is 5.41 Å². The van der Waals surface area contributed by atoms with Crippen LogP contribution < -0.4 is 0 Å². The van der Waals surface area contributed by atoms with E-state index < -0.39 is 0 Å². The van der Waals surface area contributed by atoms with Gasteiger partial charge >= 0.3 is 0 Å². The predicted octanol–water partition coefficient (Wildman–Crippen LogP) is 4.81. The Bertz CT molecular complexity index is 281. The van der Waals surface area contributed by atoms with Crippen molar-refractivity contribution in [3.63, 3.8) is 0 Å². The highest BCUT2D eigenvalue weighted by atomic mass is 32.0. The third kappa shape index (κ3) is 3.21. The van der Waals surface area contributed by atoms with Crippen LogP contribution in [0.5, 0.6) is 0 Å². The van der Waals surface area contributed by atoms with Crippen LogP contribution in [0.4, 0.5) is 0 Å². The third-order valence-corrected chi connectivity index (χ3v) is 4.83. The summed E-state index contributed by atoms with van der Waals surface area (Å²) in [6.45, 7) is 15.3. The standard InChI is InChI=1S/C13H27NP2/c1-12(2,3)10-8-7-9-14(16-15)11(10)13(4,5)6/h16H,7-9,15H2,1-6H3. The highest BCUT2D eigenvalue weighted by molar-refractivity contribution is 8.01. The van der Waals surface area contributed by atoms with Crippen molar-refractivity contribution in [1.82, 2.24) is 4.67 Å². The van der Waals surface area contributed by atoms with Gasteiger partial charge in [-0.3, -0.25) is 0 Å². The summed E-state index contributed by atoms with van der Waals surface area (Å²) in [4.78, 5) is 0. The molecule has 0 amide bonds. The van der Waals surface area contributed by atoms with E-state index >= 15 is 0 Å². The van der Waals surface area contributed by atoms with Crippen LogP contribution >= 0.6 is 17.3 Å². The fraction of sp³-hybridized carbons (Fsp3) is 0.846. The van der Waals surface area contributed by atoms with Crippen LogP contribution in [0, 0.1) is 10.8 Å². The molecular weight excluding hydrogens is 232 g/mol. The summed E-state index contributed by atoms with van der Waals surface area (Å²) in [5.41, 5.74) is 3.85. The molecule has 94 valence electrons. The van der Waals surface area contributed by atoms with Crippen molar-refractivity contribution in [2.75, 3.05) is 6.54 Å². The molecule has 1 aliphatic heterocycles. The summed E-state index contributed by atoms with van der Waals surface area (Å²) in [5.74, 6) is 0. The second-order valence-electron chi connectivity index (χ2n) is 6.71. The van der Waals surface area contributed by atoms with E-state index in [2.05, 4.69) is 55.1 Å². The topological polar surface area (TPSA) is 3.24 Å². The van der Waals surface area contributed by atoms with Gasteiger partial charge in [-0.1, -0.05) is 50.5 Å². The highest BCUT2D eigenvalue weighted by Gasteiger charge is 2.33. The van der Waals surface area contributed by atoms with E-state index in [9.17, 15) is 0 Å². The Morgan fingerprint density at radius 3 is 2.00 bits per heavy atom. The Kier molecular flexibility index (Phi) is 4.47. The average molecular weight is 259 g/mol. The van der Waals surface area contributed by atoms with Crippen molar-refractivity contribution >= 4 is 17.3 Å². The maximum absolute atomic E-state index is 2.90. The van der Waals surface area contributed by atoms with Gasteiger partial charge in [-0.2, -0.15) is 0 Å². The molecule has 2 atom stereocenters. The van der Waals surface area contributed by atoms with E-state index in [1.165, 1.54) is 19.4 Å². The van der Waals surface area contributed by atoms with E-state index in [0.29, 0.717) is 5.41 Å². The van der Waals surface area contributed by atoms with Crippen molar-refractivity contribution in [2.24, 2.45) is 10.8 Å². The van der Waals surface area contributed by atoms with Gasteiger partial charge in [-0.05, 0) is 32.2 Å². The SMILES string of the molecule is CC(C)(C)C1=C(C(C)(C)C)N(PP)CCC1. The Morgan fingerprint density at radius 2 is 1.62 bits per heavy atom. The normalized spacial score (nSPS) is 20.1. The van der Waals surface area contributed by atoms with E-state index in [0.717, 1.165) is 8.42 Å². The first kappa shape index (κ1) is 14.5. The molecule has 0 radical (unpaired) electrons. The zero-order valence-corrected chi connectivity index (χ0v) is 13.8. The second-order valence-corrected chi connectivity index (χ2v) is 8.28. The van der Waals surface area contributed by atoms with Crippen LogP contribution in [0.2, 0.25) is 0 Å². The molecule has 1 heterocycles. The number of hydrogen-bond acceptors (Lipinski definition) is 1. The lowest BCUT2D eigenvalue weighted by molar-refractivity contribution is 0.319. The van der Waals surface area contributed by atoms with Crippen LogP contribution in [-0.2, 0) is 0 Å². The molecule has 1 nitrogen and oxygen atoms in total. The van der Waals surface area contributed by atoms with Gasteiger partial charge < -0.3 is 4.67 Å². The molecule has 1 aliphatic rings. The fourth-order valence-electron chi connectivity index (χ4n) is 2.52. The minimum absolute atomic E-state index is 0.270. The number of allylic oxidation sites excluding steroid dienone is 2. The molecule has 0 aliphatic carbocycles. The molecule has 0 aromatic heterocycles. The molecule has 2 unspecified atom stereocenters. The van der Waals surface area contributed by atoms with E-state index in [1.807, 2.05) is 0 Å². The summed E-state index contributed by atoms with van der Waals surface area (Å²) in [6.07, 6.45) is 2.59. The van der Waals surface area contributed by atoms with Crippen LogP contribution in [0.1, 0.15) is 54.4 Å². The summed E-state index contributed by atoms with van der Waals surface area (Å²) in [5, 5.41) is 0. The molecule has 3 heteroatoms.